The Hall–Kier alpha value is -1.15. The van der Waals surface area contributed by atoms with Crippen molar-refractivity contribution in [2.45, 2.75) is 19.3 Å². The maximum absolute atomic E-state index is 12.5. The molecule has 0 spiro atoms. The molecule has 0 fully saturated rings. The number of aromatic nitrogens is 3. The lowest BCUT2D eigenvalue weighted by molar-refractivity contribution is -0.148. The van der Waals surface area contributed by atoms with Gasteiger partial charge in [0, 0.05) is 26.2 Å². The van der Waals surface area contributed by atoms with Gasteiger partial charge in [-0.25, -0.2) is 0 Å². The second kappa shape index (κ2) is 4.02. The zero-order valence-corrected chi connectivity index (χ0v) is 8.54. The Labute approximate surface area is 90.0 Å². The minimum atomic E-state index is -4.43. The highest BCUT2D eigenvalue weighted by Crippen LogP contribution is 2.29. The van der Waals surface area contributed by atoms with E-state index in [2.05, 4.69) is 10.2 Å². The number of fused-ring (bicyclic) bond motifs is 1. The molecule has 0 atom stereocenters. The minimum absolute atomic E-state index is 0.261. The molecular weight excluding hydrogens is 223 g/mol. The van der Waals surface area contributed by atoms with Gasteiger partial charge in [0.15, 0.2) is 0 Å². The molecule has 8 heteroatoms. The molecule has 0 aliphatic carbocycles. The molecule has 0 radical (unpaired) electrons. The van der Waals surface area contributed by atoms with Crippen molar-refractivity contribution in [3.8, 4) is 0 Å². The van der Waals surface area contributed by atoms with Crippen LogP contribution in [0.2, 0.25) is 0 Å². The highest BCUT2D eigenvalue weighted by Gasteiger charge is 2.39. The Balaban J connectivity index is 2.20. The van der Waals surface area contributed by atoms with Gasteiger partial charge in [0.25, 0.3) is 0 Å². The van der Waals surface area contributed by atoms with E-state index in [0.29, 0.717) is 32.0 Å². The summed E-state index contributed by atoms with van der Waals surface area (Å²) < 4.78 is 38.6. The van der Waals surface area contributed by atoms with Crippen molar-refractivity contribution in [2.24, 2.45) is 5.73 Å². The predicted octanol–water partition coefficient (Wildman–Crippen LogP) is 0.0712. The van der Waals surface area contributed by atoms with Crippen molar-refractivity contribution in [3.63, 3.8) is 0 Å². The second-order valence-electron chi connectivity index (χ2n) is 3.65. The summed E-state index contributed by atoms with van der Waals surface area (Å²) in [5.74, 6) is -0.554. The van der Waals surface area contributed by atoms with Gasteiger partial charge in [0.1, 0.15) is 5.82 Å². The standard InChI is InChI=1S/C8H12F3N5/c9-8(10,11)7-14-13-6-5-15(2-1-12)3-4-16(6)7/h1-5,12H2. The van der Waals surface area contributed by atoms with E-state index in [9.17, 15) is 13.2 Å². The van der Waals surface area contributed by atoms with E-state index in [1.807, 2.05) is 4.90 Å². The lowest BCUT2D eigenvalue weighted by Gasteiger charge is -2.27. The molecule has 0 saturated carbocycles. The van der Waals surface area contributed by atoms with E-state index in [1.54, 1.807) is 0 Å². The molecule has 2 heterocycles. The third-order valence-corrected chi connectivity index (χ3v) is 2.53. The van der Waals surface area contributed by atoms with Crippen LogP contribution in [0.1, 0.15) is 11.6 Å². The van der Waals surface area contributed by atoms with Crippen LogP contribution < -0.4 is 5.73 Å². The molecule has 90 valence electrons. The van der Waals surface area contributed by atoms with Gasteiger partial charge in [-0.15, -0.1) is 10.2 Å². The summed E-state index contributed by atoms with van der Waals surface area (Å²) in [5.41, 5.74) is 5.39. The summed E-state index contributed by atoms with van der Waals surface area (Å²) in [7, 11) is 0. The van der Waals surface area contributed by atoms with Gasteiger partial charge < -0.3 is 10.3 Å². The van der Waals surface area contributed by atoms with E-state index in [4.69, 9.17) is 5.73 Å². The topological polar surface area (TPSA) is 60.0 Å². The fourth-order valence-electron chi connectivity index (χ4n) is 1.79. The SMILES string of the molecule is NCCN1CCn2c(nnc2C(F)(F)F)C1. The van der Waals surface area contributed by atoms with Crippen molar-refractivity contribution in [2.75, 3.05) is 19.6 Å². The van der Waals surface area contributed by atoms with Gasteiger partial charge in [-0.2, -0.15) is 13.2 Å². The van der Waals surface area contributed by atoms with Crippen LogP contribution in [-0.4, -0.2) is 39.3 Å². The molecule has 2 N–H and O–H groups in total. The molecule has 2 rings (SSSR count). The highest BCUT2D eigenvalue weighted by molar-refractivity contribution is 5.02. The van der Waals surface area contributed by atoms with Crippen LogP contribution in [-0.2, 0) is 19.3 Å². The third-order valence-electron chi connectivity index (χ3n) is 2.53. The van der Waals surface area contributed by atoms with Crippen LogP contribution in [0, 0.1) is 0 Å². The minimum Gasteiger partial charge on any atom is -0.329 e. The molecule has 5 nitrogen and oxygen atoms in total. The fourth-order valence-corrected chi connectivity index (χ4v) is 1.79. The van der Waals surface area contributed by atoms with Gasteiger partial charge in [-0.05, 0) is 0 Å². The van der Waals surface area contributed by atoms with Crippen molar-refractivity contribution in [1.82, 2.24) is 19.7 Å². The van der Waals surface area contributed by atoms with Gasteiger partial charge in [-0.3, -0.25) is 4.90 Å². The van der Waals surface area contributed by atoms with E-state index in [0.717, 1.165) is 4.57 Å². The first kappa shape index (κ1) is 11.3. The molecule has 1 aromatic rings. The summed E-state index contributed by atoms with van der Waals surface area (Å²) in [4.78, 5) is 1.96. The van der Waals surface area contributed by atoms with Crippen molar-refractivity contribution in [1.29, 1.82) is 0 Å². The van der Waals surface area contributed by atoms with Gasteiger partial charge in [0.05, 0.1) is 6.54 Å². The van der Waals surface area contributed by atoms with E-state index in [1.165, 1.54) is 0 Å². The zero-order chi connectivity index (χ0) is 11.8. The van der Waals surface area contributed by atoms with Gasteiger partial charge >= 0.3 is 6.18 Å². The number of rotatable bonds is 2. The predicted molar refractivity (Wildman–Crippen MR) is 49.4 cm³/mol. The van der Waals surface area contributed by atoms with Crippen molar-refractivity contribution >= 4 is 0 Å². The Morgan fingerprint density at radius 1 is 1.25 bits per heavy atom. The molecule has 1 aliphatic heterocycles. The first-order valence-corrected chi connectivity index (χ1v) is 4.94. The summed E-state index contributed by atoms with van der Waals surface area (Å²) in [6.45, 7) is 2.33. The van der Waals surface area contributed by atoms with Crippen LogP contribution in [0.15, 0.2) is 0 Å². The average molecular weight is 235 g/mol. The first-order chi connectivity index (χ1) is 7.52. The lowest BCUT2D eigenvalue weighted by atomic mass is 10.3. The number of halogens is 3. The molecule has 0 saturated heterocycles. The smallest absolute Gasteiger partial charge is 0.329 e. The van der Waals surface area contributed by atoms with E-state index < -0.39 is 12.0 Å². The quantitative estimate of drug-likeness (QED) is 0.788. The Morgan fingerprint density at radius 2 is 2.00 bits per heavy atom. The number of hydrogen-bond donors (Lipinski definition) is 1. The maximum atomic E-state index is 12.5. The lowest BCUT2D eigenvalue weighted by Crippen LogP contribution is -2.38. The van der Waals surface area contributed by atoms with Crippen molar-refractivity contribution in [3.05, 3.63) is 11.6 Å². The normalized spacial score (nSPS) is 17.5. The number of nitrogens with two attached hydrogens (primary N) is 1. The molecule has 1 aliphatic rings. The van der Waals surface area contributed by atoms with Gasteiger partial charge in [0.2, 0.25) is 5.82 Å². The van der Waals surface area contributed by atoms with Crippen LogP contribution in [0.5, 0.6) is 0 Å². The summed E-state index contributed by atoms with van der Waals surface area (Å²) >= 11 is 0. The average Bonchev–Trinajstić information content (AvgIpc) is 2.60. The number of hydrogen-bond acceptors (Lipinski definition) is 4. The Bertz CT molecular complexity index is 372. The molecule has 16 heavy (non-hydrogen) atoms. The van der Waals surface area contributed by atoms with Crippen molar-refractivity contribution < 1.29 is 13.2 Å². The zero-order valence-electron chi connectivity index (χ0n) is 8.54. The summed E-state index contributed by atoms with van der Waals surface area (Å²) in [6, 6.07) is 0. The number of alkyl halides is 3. The molecule has 0 aromatic carbocycles. The Kier molecular flexibility index (Phi) is 2.85. The molecule has 0 unspecified atom stereocenters. The molecule has 0 bridgehead atoms. The highest BCUT2D eigenvalue weighted by atomic mass is 19.4. The Morgan fingerprint density at radius 3 is 2.62 bits per heavy atom. The summed E-state index contributed by atoms with van der Waals surface area (Å²) in [5, 5.41) is 6.76. The largest absolute Gasteiger partial charge is 0.451 e. The molecule has 0 amide bonds. The van der Waals surface area contributed by atoms with Gasteiger partial charge in [-0.1, -0.05) is 0 Å². The molecule has 1 aromatic heterocycles. The summed E-state index contributed by atoms with van der Waals surface area (Å²) in [6.07, 6.45) is -4.43. The fraction of sp³-hybridized carbons (Fsp3) is 0.750. The van der Waals surface area contributed by atoms with Crippen LogP contribution in [0.25, 0.3) is 0 Å². The van der Waals surface area contributed by atoms with Crippen LogP contribution >= 0.6 is 0 Å². The second-order valence-corrected chi connectivity index (χ2v) is 3.65. The molecular formula is C8H12F3N5. The van der Waals surface area contributed by atoms with E-state index in [-0.39, 0.29) is 6.54 Å². The number of nitrogens with zero attached hydrogens (tertiary/aromatic N) is 4. The maximum Gasteiger partial charge on any atom is 0.451 e. The monoisotopic (exact) mass is 235 g/mol. The van der Waals surface area contributed by atoms with E-state index >= 15 is 0 Å². The van der Waals surface area contributed by atoms with Crippen LogP contribution in [0.3, 0.4) is 0 Å². The van der Waals surface area contributed by atoms with Crippen LogP contribution in [0.4, 0.5) is 13.2 Å². The third kappa shape index (κ3) is 2.03. The first-order valence-electron chi connectivity index (χ1n) is 4.94.